The third-order valence-electron chi connectivity index (χ3n) is 4.14. The number of furan rings is 1. The molecule has 5 heteroatoms. The second-order valence-electron chi connectivity index (χ2n) is 5.77. The first kappa shape index (κ1) is 17.7. The number of carbonyl (C=O) groups excluding carboxylic acids is 2. The van der Waals surface area contributed by atoms with Crippen LogP contribution in [0, 0.1) is 0 Å². The molecule has 0 aliphatic rings. The highest BCUT2D eigenvalue weighted by Gasteiger charge is 2.22. The molecule has 134 valence electrons. The number of para-hydroxylation sites is 1. The van der Waals surface area contributed by atoms with Gasteiger partial charge in [-0.15, -0.1) is 0 Å². The van der Waals surface area contributed by atoms with Gasteiger partial charge in [0.25, 0.3) is 0 Å². The normalized spacial score (nSPS) is 10.7. The zero-order chi connectivity index (χ0) is 18.5. The highest BCUT2D eigenvalue weighted by atomic mass is 16.5. The van der Waals surface area contributed by atoms with Gasteiger partial charge in [-0.1, -0.05) is 18.2 Å². The quantitative estimate of drug-likeness (QED) is 0.472. The van der Waals surface area contributed by atoms with Crippen molar-refractivity contribution in [2.75, 3.05) is 13.7 Å². The Morgan fingerprint density at radius 2 is 1.77 bits per heavy atom. The van der Waals surface area contributed by atoms with Crippen LogP contribution in [-0.2, 0) is 16.0 Å². The monoisotopic (exact) mass is 352 g/mol. The fourth-order valence-corrected chi connectivity index (χ4v) is 2.86. The number of carbonyl (C=O) groups is 2. The first-order chi connectivity index (χ1) is 12.6. The lowest BCUT2D eigenvalue weighted by Crippen LogP contribution is -2.08. The molecule has 0 bridgehead atoms. The van der Waals surface area contributed by atoms with Crippen molar-refractivity contribution >= 4 is 22.7 Å². The lowest BCUT2D eigenvalue weighted by Gasteiger charge is -2.05. The van der Waals surface area contributed by atoms with E-state index in [1.165, 1.54) is 0 Å². The highest BCUT2D eigenvalue weighted by Crippen LogP contribution is 2.29. The van der Waals surface area contributed by atoms with Crippen molar-refractivity contribution in [2.45, 2.75) is 19.8 Å². The van der Waals surface area contributed by atoms with E-state index in [0.29, 0.717) is 29.9 Å². The number of esters is 1. The molecule has 1 aromatic heterocycles. The van der Waals surface area contributed by atoms with Crippen molar-refractivity contribution in [3.05, 3.63) is 65.4 Å². The van der Waals surface area contributed by atoms with Gasteiger partial charge in [-0.25, -0.2) is 0 Å². The predicted octanol–water partition coefficient (Wildman–Crippen LogP) is 4.17. The van der Waals surface area contributed by atoms with Gasteiger partial charge in [0.05, 0.1) is 13.7 Å². The van der Waals surface area contributed by atoms with Gasteiger partial charge < -0.3 is 13.9 Å². The van der Waals surface area contributed by atoms with Gasteiger partial charge in [0.2, 0.25) is 5.78 Å². The average molecular weight is 352 g/mol. The van der Waals surface area contributed by atoms with E-state index in [1.807, 2.05) is 24.3 Å². The Labute approximate surface area is 151 Å². The topological polar surface area (TPSA) is 65.7 Å². The summed E-state index contributed by atoms with van der Waals surface area (Å²) in [4.78, 5) is 24.7. The number of ether oxygens (including phenoxy) is 2. The molecule has 0 atom stereocenters. The van der Waals surface area contributed by atoms with Crippen LogP contribution in [0.5, 0.6) is 5.75 Å². The molecule has 0 saturated heterocycles. The highest BCUT2D eigenvalue weighted by molar-refractivity contribution is 6.10. The molecule has 0 fully saturated rings. The molecule has 0 N–H and O–H groups in total. The van der Waals surface area contributed by atoms with Crippen molar-refractivity contribution in [2.24, 2.45) is 0 Å². The van der Waals surface area contributed by atoms with Crippen molar-refractivity contribution in [3.8, 4) is 5.75 Å². The standard InChI is InChI=1S/C21H20O5/c1-3-25-19(22)13-12-17-16-6-4-5-7-18(16)26-21(17)20(23)14-8-10-15(24-2)11-9-14/h4-11H,3,12-13H2,1-2H3. The Morgan fingerprint density at radius 3 is 2.46 bits per heavy atom. The summed E-state index contributed by atoms with van der Waals surface area (Å²) in [5.74, 6) is 0.428. The molecule has 0 unspecified atom stereocenters. The summed E-state index contributed by atoms with van der Waals surface area (Å²) >= 11 is 0. The third-order valence-corrected chi connectivity index (χ3v) is 4.14. The lowest BCUT2D eigenvalue weighted by atomic mass is 10.0. The minimum atomic E-state index is -0.291. The molecule has 0 spiro atoms. The molecular formula is C21H20O5. The second-order valence-corrected chi connectivity index (χ2v) is 5.77. The fourth-order valence-electron chi connectivity index (χ4n) is 2.86. The van der Waals surface area contributed by atoms with Crippen LogP contribution in [0.15, 0.2) is 52.9 Å². The van der Waals surface area contributed by atoms with Crippen LogP contribution in [0.3, 0.4) is 0 Å². The van der Waals surface area contributed by atoms with Crippen molar-refractivity contribution < 1.29 is 23.5 Å². The van der Waals surface area contributed by atoms with Crippen molar-refractivity contribution in [1.29, 1.82) is 0 Å². The van der Waals surface area contributed by atoms with E-state index in [-0.39, 0.29) is 23.9 Å². The molecule has 0 aliphatic heterocycles. The lowest BCUT2D eigenvalue weighted by molar-refractivity contribution is -0.143. The van der Waals surface area contributed by atoms with Gasteiger partial charge in [0, 0.05) is 22.9 Å². The summed E-state index contributed by atoms with van der Waals surface area (Å²) in [6.07, 6.45) is 0.577. The minimum absolute atomic E-state index is 0.195. The fraction of sp³-hybridized carbons (Fsp3) is 0.238. The van der Waals surface area contributed by atoms with E-state index in [9.17, 15) is 9.59 Å². The van der Waals surface area contributed by atoms with Gasteiger partial charge in [0.15, 0.2) is 5.76 Å². The molecule has 0 aliphatic carbocycles. The maximum absolute atomic E-state index is 13.0. The van der Waals surface area contributed by atoms with Crippen LogP contribution < -0.4 is 4.74 Å². The van der Waals surface area contributed by atoms with E-state index >= 15 is 0 Å². The van der Waals surface area contributed by atoms with Crippen LogP contribution in [-0.4, -0.2) is 25.5 Å². The molecule has 2 aromatic carbocycles. The van der Waals surface area contributed by atoms with E-state index < -0.39 is 0 Å². The van der Waals surface area contributed by atoms with Gasteiger partial charge in [-0.05, 0) is 43.7 Å². The molecule has 5 nitrogen and oxygen atoms in total. The van der Waals surface area contributed by atoms with Gasteiger partial charge in [-0.2, -0.15) is 0 Å². The van der Waals surface area contributed by atoms with Gasteiger partial charge >= 0.3 is 5.97 Å². The molecule has 3 rings (SSSR count). The molecule has 0 radical (unpaired) electrons. The van der Waals surface area contributed by atoms with Gasteiger partial charge in [-0.3, -0.25) is 9.59 Å². The Morgan fingerprint density at radius 1 is 1.04 bits per heavy atom. The van der Waals surface area contributed by atoms with E-state index in [0.717, 1.165) is 10.9 Å². The van der Waals surface area contributed by atoms with Crippen LogP contribution in [0.1, 0.15) is 35.0 Å². The number of hydrogen-bond acceptors (Lipinski definition) is 5. The second kappa shape index (κ2) is 7.87. The first-order valence-corrected chi connectivity index (χ1v) is 8.48. The smallest absolute Gasteiger partial charge is 0.306 e. The molecule has 26 heavy (non-hydrogen) atoms. The molecule has 3 aromatic rings. The summed E-state index contributed by atoms with van der Waals surface area (Å²) in [5, 5.41) is 0.841. The summed E-state index contributed by atoms with van der Waals surface area (Å²) in [5.41, 5.74) is 1.86. The number of aryl methyl sites for hydroxylation is 1. The molecular weight excluding hydrogens is 332 g/mol. The SMILES string of the molecule is CCOC(=O)CCc1c(C(=O)c2ccc(OC)cc2)oc2ccccc12. The summed E-state index contributed by atoms with van der Waals surface area (Å²) in [6.45, 7) is 2.10. The van der Waals surface area contributed by atoms with Crippen molar-refractivity contribution in [1.82, 2.24) is 0 Å². The Bertz CT molecular complexity index is 921. The van der Waals surface area contributed by atoms with Crippen LogP contribution >= 0.6 is 0 Å². The summed E-state index contributed by atoms with van der Waals surface area (Å²) in [7, 11) is 1.57. The number of ketones is 1. The van der Waals surface area contributed by atoms with Crippen LogP contribution in [0.25, 0.3) is 11.0 Å². The number of fused-ring (bicyclic) bond motifs is 1. The summed E-state index contributed by atoms with van der Waals surface area (Å²) < 4.78 is 16.0. The van der Waals surface area contributed by atoms with E-state index in [4.69, 9.17) is 13.9 Å². The molecule has 0 amide bonds. The minimum Gasteiger partial charge on any atom is -0.497 e. The maximum Gasteiger partial charge on any atom is 0.306 e. The van der Waals surface area contributed by atoms with Crippen LogP contribution in [0.4, 0.5) is 0 Å². The van der Waals surface area contributed by atoms with Gasteiger partial charge in [0.1, 0.15) is 11.3 Å². The number of methoxy groups -OCH3 is 1. The maximum atomic E-state index is 13.0. The van der Waals surface area contributed by atoms with E-state index in [2.05, 4.69) is 0 Å². The Balaban J connectivity index is 1.96. The zero-order valence-corrected chi connectivity index (χ0v) is 14.8. The van der Waals surface area contributed by atoms with Crippen LogP contribution in [0.2, 0.25) is 0 Å². The third kappa shape index (κ3) is 3.61. The largest absolute Gasteiger partial charge is 0.497 e. The Kier molecular flexibility index (Phi) is 5.37. The number of rotatable bonds is 7. The Hall–Kier alpha value is -3.08. The van der Waals surface area contributed by atoms with Crippen molar-refractivity contribution in [3.63, 3.8) is 0 Å². The summed E-state index contributed by atoms with van der Waals surface area (Å²) in [6, 6.07) is 14.3. The number of benzene rings is 2. The van der Waals surface area contributed by atoms with E-state index in [1.54, 1.807) is 38.3 Å². The zero-order valence-electron chi connectivity index (χ0n) is 14.8. The number of hydrogen-bond donors (Lipinski definition) is 0. The molecule has 0 saturated carbocycles. The molecule has 1 heterocycles. The first-order valence-electron chi connectivity index (χ1n) is 8.48. The predicted molar refractivity (Wildman–Crippen MR) is 97.6 cm³/mol. The average Bonchev–Trinajstić information content (AvgIpc) is 3.04.